The molecule has 2 atom stereocenters. The van der Waals surface area contributed by atoms with Crippen molar-refractivity contribution in [3.05, 3.63) is 0 Å². The van der Waals surface area contributed by atoms with Crippen LogP contribution in [0.15, 0.2) is 0 Å². The first-order valence-corrected chi connectivity index (χ1v) is 5.94. The Hall–Kier alpha value is -0.220. The summed E-state index contributed by atoms with van der Waals surface area (Å²) in [6.45, 7) is 9.25. The summed E-state index contributed by atoms with van der Waals surface area (Å²) >= 11 is 4.34. The van der Waals surface area contributed by atoms with Crippen LogP contribution in [0.2, 0.25) is 0 Å². The van der Waals surface area contributed by atoms with E-state index >= 15 is 0 Å². The molecule has 0 aromatic rings. The van der Waals surface area contributed by atoms with Gasteiger partial charge in [0.05, 0.1) is 17.9 Å². The van der Waals surface area contributed by atoms with Crippen molar-refractivity contribution >= 4 is 18.5 Å². The second-order valence-corrected chi connectivity index (χ2v) is 4.67. The van der Waals surface area contributed by atoms with E-state index in [0.717, 1.165) is 0 Å². The third kappa shape index (κ3) is 4.43. The number of thiol groups is 1. The van der Waals surface area contributed by atoms with Crippen LogP contribution in [0.4, 0.5) is 0 Å². The number of hydrogen-bond donors (Lipinski definition) is 1. The first-order valence-electron chi connectivity index (χ1n) is 5.43. The molecular formula is C11H23NO2S. The van der Waals surface area contributed by atoms with Crippen LogP contribution in [0.1, 0.15) is 27.7 Å². The van der Waals surface area contributed by atoms with Crippen molar-refractivity contribution in [1.82, 2.24) is 4.90 Å². The van der Waals surface area contributed by atoms with Gasteiger partial charge in [0.1, 0.15) is 0 Å². The molecular weight excluding hydrogens is 210 g/mol. The molecule has 0 aromatic carbocycles. The summed E-state index contributed by atoms with van der Waals surface area (Å²) < 4.78 is 5.06. The van der Waals surface area contributed by atoms with Gasteiger partial charge in [-0.05, 0) is 19.8 Å². The molecule has 90 valence electrons. The normalized spacial score (nSPS) is 15.1. The van der Waals surface area contributed by atoms with Gasteiger partial charge in [0.25, 0.3) is 0 Å². The molecule has 0 aliphatic heterocycles. The zero-order valence-corrected chi connectivity index (χ0v) is 11.3. The van der Waals surface area contributed by atoms with E-state index in [4.69, 9.17) is 4.74 Å². The van der Waals surface area contributed by atoms with Crippen LogP contribution in [0.5, 0.6) is 0 Å². The maximum absolute atomic E-state index is 12.0. The monoisotopic (exact) mass is 233 g/mol. The van der Waals surface area contributed by atoms with Gasteiger partial charge in [0, 0.05) is 13.7 Å². The number of nitrogens with zero attached hydrogens (tertiary/aromatic N) is 1. The zero-order chi connectivity index (χ0) is 12.0. The van der Waals surface area contributed by atoms with Crippen LogP contribution in [0, 0.1) is 5.92 Å². The first kappa shape index (κ1) is 14.8. The van der Waals surface area contributed by atoms with Crippen molar-refractivity contribution in [2.24, 2.45) is 5.92 Å². The van der Waals surface area contributed by atoms with E-state index in [1.807, 2.05) is 32.6 Å². The van der Waals surface area contributed by atoms with Crippen molar-refractivity contribution < 1.29 is 9.53 Å². The Labute approximate surface area is 98.6 Å². The molecule has 0 saturated carbocycles. The summed E-state index contributed by atoms with van der Waals surface area (Å²) in [5.41, 5.74) is 0. The van der Waals surface area contributed by atoms with Crippen molar-refractivity contribution in [1.29, 1.82) is 0 Å². The van der Waals surface area contributed by atoms with Gasteiger partial charge in [0.15, 0.2) is 0 Å². The quantitative estimate of drug-likeness (QED) is 0.709. The predicted molar refractivity (Wildman–Crippen MR) is 66.3 cm³/mol. The van der Waals surface area contributed by atoms with Gasteiger partial charge in [-0.3, -0.25) is 4.79 Å². The molecule has 0 rings (SSSR count). The third-order valence-electron chi connectivity index (χ3n) is 2.45. The molecule has 3 nitrogen and oxygen atoms in total. The van der Waals surface area contributed by atoms with Crippen molar-refractivity contribution in [2.45, 2.75) is 39.0 Å². The zero-order valence-electron chi connectivity index (χ0n) is 10.4. The average molecular weight is 233 g/mol. The maximum Gasteiger partial charge on any atom is 0.235 e. The number of likely N-dealkylation sites (N-methyl/N-ethyl adjacent to an activating group) is 1. The summed E-state index contributed by atoms with van der Waals surface area (Å²) in [6.07, 6.45) is 0. The summed E-state index contributed by atoms with van der Waals surface area (Å²) in [7, 11) is 1.65. The van der Waals surface area contributed by atoms with E-state index in [1.165, 1.54) is 0 Å². The van der Waals surface area contributed by atoms with Crippen LogP contribution in [-0.4, -0.2) is 42.4 Å². The summed E-state index contributed by atoms with van der Waals surface area (Å²) in [4.78, 5) is 13.8. The number of ether oxygens (including phenoxy) is 1. The highest BCUT2D eigenvalue weighted by atomic mass is 32.1. The molecule has 0 bridgehead atoms. The molecule has 0 fully saturated rings. The third-order valence-corrected chi connectivity index (χ3v) is 3.27. The Bertz CT molecular complexity index is 197. The van der Waals surface area contributed by atoms with Crippen molar-refractivity contribution in [3.8, 4) is 0 Å². The summed E-state index contributed by atoms with van der Waals surface area (Å²) in [5.74, 6) is 0.352. The number of carbonyl (C=O) groups is 1. The minimum absolute atomic E-state index is 0.0976. The molecule has 0 aliphatic rings. The summed E-state index contributed by atoms with van der Waals surface area (Å²) in [6, 6.07) is 0.112. The van der Waals surface area contributed by atoms with Gasteiger partial charge in [-0.15, -0.1) is 0 Å². The fourth-order valence-electron chi connectivity index (χ4n) is 1.47. The molecule has 1 amide bonds. The second-order valence-electron chi connectivity index (χ2n) is 4.12. The Morgan fingerprint density at radius 3 is 2.27 bits per heavy atom. The molecule has 0 aromatic heterocycles. The largest absolute Gasteiger partial charge is 0.383 e. The lowest BCUT2D eigenvalue weighted by atomic mass is 10.1. The molecule has 0 N–H and O–H groups in total. The van der Waals surface area contributed by atoms with E-state index < -0.39 is 0 Å². The van der Waals surface area contributed by atoms with Gasteiger partial charge >= 0.3 is 0 Å². The molecule has 15 heavy (non-hydrogen) atoms. The average Bonchev–Trinajstić information content (AvgIpc) is 2.17. The number of amides is 1. The lowest BCUT2D eigenvalue weighted by Gasteiger charge is -2.30. The van der Waals surface area contributed by atoms with Crippen molar-refractivity contribution in [3.63, 3.8) is 0 Å². The van der Waals surface area contributed by atoms with E-state index in [1.54, 1.807) is 7.11 Å². The molecule has 0 heterocycles. The molecule has 4 heteroatoms. The highest BCUT2D eigenvalue weighted by Crippen LogP contribution is 2.14. The standard InChI is InChI=1S/C11H23NO2S/c1-6-12(9(4)7-14-5)11(13)10(15)8(2)3/h8-10,15H,6-7H2,1-5H3. The van der Waals surface area contributed by atoms with Gasteiger partial charge in [-0.25, -0.2) is 0 Å². The summed E-state index contributed by atoms with van der Waals surface area (Å²) in [5, 5.41) is -0.218. The maximum atomic E-state index is 12.0. The highest BCUT2D eigenvalue weighted by Gasteiger charge is 2.25. The van der Waals surface area contributed by atoms with E-state index in [2.05, 4.69) is 12.6 Å². The molecule has 0 spiro atoms. The Morgan fingerprint density at radius 2 is 1.93 bits per heavy atom. The topological polar surface area (TPSA) is 29.5 Å². The van der Waals surface area contributed by atoms with Crippen LogP contribution >= 0.6 is 12.6 Å². The van der Waals surface area contributed by atoms with Gasteiger partial charge in [0.2, 0.25) is 5.91 Å². The Morgan fingerprint density at radius 1 is 1.40 bits per heavy atom. The van der Waals surface area contributed by atoms with Crippen LogP contribution < -0.4 is 0 Å². The number of carbonyl (C=O) groups excluding carboxylic acids is 1. The number of rotatable bonds is 6. The lowest BCUT2D eigenvalue weighted by molar-refractivity contribution is -0.134. The minimum Gasteiger partial charge on any atom is -0.383 e. The lowest BCUT2D eigenvalue weighted by Crippen LogP contribution is -2.45. The van der Waals surface area contributed by atoms with Gasteiger partial charge in [-0.1, -0.05) is 13.8 Å². The Kier molecular flexibility index (Phi) is 7.02. The van der Waals surface area contributed by atoms with Crippen LogP contribution in [0.3, 0.4) is 0 Å². The predicted octanol–water partition coefficient (Wildman–Crippen LogP) is 1.82. The van der Waals surface area contributed by atoms with E-state index in [-0.39, 0.29) is 23.1 Å². The van der Waals surface area contributed by atoms with Crippen LogP contribution in [0.25, 0.3) is 0 Å². The molecule has 0 radical (unpaired) electrons. The van der Waals surface area contributed by atoms with Gasteiger partial charge in [-0.2, -0.15) is 12.6 Å². The molecule has 0 saturated heterocycles. The van der Waals surface area contributed by atoms with Gasteiger partial charge < -0.3 is 9.64 Å². The fourth-order valence-corrected chi connectivity index (χ4v) is 1.62. The number of hydrogen-bond acceptors (Lipinski definition) is 3. The minimum atomic E-state index is -0.218. The molecule has 0 aliphatic carbocycles. The van der Waals surface area contributed by atoms with Crippen molar-refractivity contribution in [2.75, 3.05) is 20.3 Å². The fraction of sp³-hybridized carbons (Fsp3) is 0.909. The smallest absolute Gasteiger partial charge is 0.235 e. The Balaban J connectivity index is 4.46. The van der Waals surface area contributed by atoms with E-state index in [9.17, 15) is 4.79 Å². The van der Waals surface area contributed by atoms with E-state index in [0.29, 0.717) is 13.2 Å². The SMILES string of the molecule is CCN(C(=O)C(S)C(C)C)C(C)COC. The van der Waals surface area contributed by atoms with Crippen LogP contribution in [-0.2, 0) is 9.53 Å². The highest BCUT2D eigenvalue weighted by molar-refractivity contribution is 7.81. The molecule has 2 unspecified atom stereocenters. The first-order chi connectivity index (χ1) is 6.95. The second kappa shape index (κ2) is 7.12. The number of methoxy groups -OCH3 is 1.